The summed E-state index contributed by atoms with van der Waals surface area (Å²) < 4.78 is 47.1. The number of hydrogen-bond donors (Lipinski definition) is 1. The van der Waals surface area contributed by atoms with E-state index in [2.05, 4.69) is 25.1 Å². The zero-order valence-corrected chi connectivity index (χ0v) is 18.0. The first kappa shape index (κ1) is 20.6. The molecule has 1 N–H and O–H groups in total. The summed E-state index contributed by atoms with van der Waals surface area (Å²) in [6.07, 6.45) is 3.05. The number of methoxy groups -OCH3 is 1. The Balaban J connectivity index is 1.45. The number of pyridine rings is 2. The molecule has 3 aromatic heterocycles. The van der Waals surface area contributed by atoms with Gasteiger partial charge in [0, 0.05) is 55.7 Å². The van der Waals surface area contributed by atoms with Crippen LogP contribution in [0.15, 0.2) is 42.7 Å². The third kappa shape index (κ3) is 3.27. The fourth-order valence-electron chi connectivity index (χ4n) is 4.42. The molecule has 0 amide bonds. The molecule has 1 fully saturated rings. The van der Waals surface area contributed by atoms with Crippen LogP contribution in [0.1, 0.15) is 0 Å². The maximum atomic E-state index is 14.1. The second kappa shape index (κ2) is 7.80. The van der Waals surface area contributed by atoms with Crippen molar-refractivity contribution >= 4 is 34.0 Å². The quantitative estimate of drug-likeness (QED) is 0.487. The van der Waals surface area contributed by atoms with Crippen LogP contribution in [0.3, 0.4) is 0 Å². The highest BCUT2D eigenvalue weighted by Gasteiger charge is 2.34. The van der Waals surface area contributed by atoms with Gasteiger partial charge < -0.3 is 19.9 Å². The van der Waals surface area contributed by atoms with Gasteiger partial charge >= 0.3 is 0 Å². The summed E-state index contributed by atoms with van der Waals surface area (Å²) >= 11 is 0. The normalized spacial score (nSPS) is 16.8. The predicted octanol–water partition coefficient (Wildman–Crippen LogP) is 3.86. The standard InChI is InChI=1S/C23H18F3N7O/c1-34-18-11-32-6-7-33(18)23-19-14(3-5-28-23)22(32)31-21(30-19)12-2-4-27-17(8-12)29-20-15(25)9-13(24)10-16(20)26/h2-5,8-10,18H,6-7,11H2,1H3,(H,27,29). The minimum Gasteiger partial charge on any atom is -0.360 e. The summed E-state index contributed by atoms with van der Waals surface area (Å²) in [5.74, 6) is -1.04. The van der Waals surface area contributed by atoms with Gasteiger partial charge in [-0.15, -0.1) is 0 Å². The van der Waals surface area contributed by atoms with Gasteiger partial charge in [0.2, 0.25) is 0 Å². The van der Waals surface area contributed by atoms with Gasteiger partial charge in [-0.1, -0.05) is 0 Å². The fourth-order valence-corrected chi connectivity index (χ4v) is 4.42. The molecule has 3 aliphatic rings. The van der Waals surface area contributed by atoms with Crippen LogP contribution in [0, 0.1) is 17.5 Å². The van der Waals surface area contributed by atoms with Crippen molar-refractivity contribution < 1.29 is 17.9 Å². The third-order valence-corrected chi connectivity index (χ3v) is 6.03. The van der Waals surface area contributed by atoms with E-state index in [1.54, 1.807) is 25.4 Å². The predicted molar refractivity (Wildman–Crippen MR) is 121 cm³/mol. The Hall–Kier alpha value is -3.99. The molecule has 6 heterocycles. The Morgan fingerprint density at radius 3 is 2.56 bits per heavy atom. The van der Waals surface area contributed by atoms with E-state index in [-0.39, 0.29) is 12.0 Å². The van der Waals surface area contributed by atoms with Crippen LogP contribution in [0.25, 0.3) is 22.3 Å². The van der Waals surface area contributed by atoms with Crippen LogP contribution in [0.5, 0.6) is 0 Å². The summed E-state index contributed by atoms with van der Waals surface area (Å²) in [6, 6.07) is 6.39. The molecule has 7 rings (SSSR count). The molecule has 0 spiro atoms. The van der Waals surface area contributed by atoms with E-state index in [4.69, 9.17) is 14.7 Å². The van der Waals surface area contributed by atoms with Crippen LogP contribution < -0.4 is 15.1 Å². The molecule has 0 aliphatic carbocycles. The Bertz CT molecular complexity index is 1410. The largest absolute Gasteiger partial charge is 0.360 e. The van der Waals surface area contributed by atoms with Crippen LogP contribution in [0.4, 0.5) is 36.3 Å². The number of nitrogens with zero attached hydrogens (tertiary/aromatic N) is 6. The number of piperazine rings is 1. The van der Waals surface area contributed by atoms with E-state index in [0.717, 1.165) is 30.1 Å². The average molecular weight is 465 g/mol. The molecule has 1 aromatic carbocycles. The number of rotatable bonds is 4. The van der Waals surface area contributed by atoms with Gasteiger partial charge in [-0.2, -0.15) is 0 Å². The van der Waals surface area contributed by atoms with Crippen LogP contribution in [-0.4, -0.2) is 52.9 Å². The number of anilines is 4. The third-order valence-electron chi connectivity index (χ3n) is 6.03. The second-order valence-electron chi connectivity index (χ2n) is 8.03. The molecule has 4 aromatic rings. The summed E-state index contributed by atoms with van der Waals surface area (Å²) in [4.78, 5) is 22.6. The molecule has 0 saturated carbocycles. The van der Waals surface area contributed by atoms with E-state index in [9.17, 15) is 13.2 Å². The topological polar surface area (TPSA) is 79.3 Å². The van der Waals surface area contributed by atoms with Gasteiger partial charge in [0.15, 0.2) is 23.3 Å². The molecule has 172 valence electrons. The molecule has 34 heavy (non-hydrogen) atoms. The summed E-state index contributed by atoms with van der Waals surface area (Å²) in [6.45, 7) is 2.10. The first-order chi connectivity index (χ1) is 16.5. The molecule has 8 nitrogen and oxygen atoms in total. The Morgan fingerprint density at radius 1 is 0.971 bits per heavy atom. The van der Waals surface area contributed by atoms with Crippen molar-refractivity contribution in [3.63, 3.8) is 0 Å². The van der Waals surface area contributed by atoms with Crippen molar-refractivity contribution in [3.8, 4) is 11.4 Å². The molecule has 1 atom stereocenters. The van der Waals surface area contributed by atoms with Crippen molar-refractivity contribution in [2.75, 3.05) is 41.9 Å². The van der Waals surface area contributed by atoms with E-state index >= 15 is 0 Å². The highest BCUT2D eigenvalue weighted by molar-refractivity contribution is 5.98. The van der Waals surface area contributed by atoms with Crippen LogP contribution in [-0.2, 0) is 4.74 Å². The minimum absolute atomic E-state index is 0.163. The number of ether oxygens (including phenoxy) is 1. The van der Waals surface area contributed by atoms with Crippen molar-refractivity contribution in [2.45, 2.75) is 6.23 Å². The first-order valence-electron chi connectivity index (χ1n) is 10.6. The highest BCUT2D eigenvalue weighted by atomic mass is 19.1. The lowest BCUT2D eigenvalue weighted by Gasteiger charge is -2.43. The summed E-state index contributed by atoms with van der Waals surface area (Å²) in [5.41, 5.74) is 0.791. The number of fused-ring (bicyclic) bond motifs is 2. The number of benzene rings is 1. The molecule has 3 aliphatic heterocycles. The number of aromatic nitrogens is 4. The molecule has 11 heteroatoms. The minimum atomic E-state index is -1.06. The molecule has 1 unspecified atom stereocenters. The number of hydrogen-bond acceptors (Lipinski definition) is 8. The monoisotopic (exact) mass is 465 g/mol. The van der Waals surface area contributed by atoms with E-state index in [1.807, 2.05) is 6.07 Å². The van der Waals surface area contributed by atoms with Crippen LogP contribution >= 0.6 is 0 Å². The number of halogens is 3. The zero-order valence-electron chi connectivity index (χ0n) is 18.0. The van der Waals surface area contributed by atoms with Gasteiger partial charge in [-0.3, -0.25) is 0 Å². The number of nitrogens with one attached hydrogen (secondary N) is 1. The maximum absolute atomic E-state index is 14.1. The Labute approximate surface area is 192 Å². The van der Waals surface area contributed by atoms with Crippen molar-refractivity contribution in [2.24, 2.45) is 0 Å². The SMILES string of the molecule is COC1CN2CCN1c1nccc3c2nc(-c2ccnc(Nc4c(F)cc(F)cc4F)c2)nc13. The van der Waals surface area contributed by atoms with Crippen LogP contribution in [0.2, 0.25) is 0 Å². The lowest BCUT2D eigenvalue weighted by Crippen LogP contribution is -2.55. The van der Waals surface area contributed by atoms with Crippen molar-refractivity contribution in [1.82, 2.24) is 19.9 Å². The van der Waals surface area contributed by atoms with Gasteiger partial charge in [0.1, 0.15) is 34.9 Å². The highest BCUT2D eigenvalue weighted by Crippen LogP contribution is 2.37. The van der Waals surface area contributed by atoms with E-state index in [0.29, 0.717) is 35.6 Å². The van der Waals surface area contributed by atoms with Gasteiger partial charge in [-0.05, 0) is 18.2 Å². The van der Waals surface area contributed by atoms with Gasteiger partial charge in [0.05, 0.1) is 6.54 Å². The molecular formula is C23H18F3N7O. The Morgan fingerprint density at radius 2 is 1.76 bits per heavy atom. The molecule has 0 radical (unpaired) electrons. The Kier molecular flexibility index (Phi) is 4.73. The summed E-state index contributed by atoms with van der Waals surface area (Å²) in [5, 5.41) is 3.47. The molecule has 1 saturated heterocycles. The lowest BCUT2D eigenvalue weighted by molar-refractivity contribution is 0.0952. The molecule has 6 bridgehead atoms. The van der Waals surface area contributed by atoms with Crippen molar-refractivity contribution in [3.05, 3.63) is 60.2 Å². The van der Waals surface area contributed by atoms with E-state index < -0.39 is 23.1 Å². The average Bonchev–Trinajstić information content (AvgIpc) is 2.85. The second-order valence-corrected chi connectivity index (χ2v) is 8.03. The first-order valence-corrected chi connectivity index (χ1v) is 10.6. The van der Waals surface area contributed by atoms with Crippen molar-refractivity contribution in [1.29, 1.82) is 0 Å². The molecular weight excluding hydrogens is 447 g/mol. The zero-order chi connectivity index (χ0) is 23.4. The van der Waals surface area contributed by atoms with Gasteiger partial charge in [-0.25, -0.2) is 33.1 Å². The summed E-state index contributed by atoms with van der Waals surface area (Å²) in [7, 11) is 1.67. The van der Waals surface area contributed by atoms with E-state index in [1.165, 1.54) is 6.20 Å². The maximum Gasteiger partial charge on any atom is 0.162 e. The lowest BCUT2D eigenvalue weighted by atomic mass is 10.1. The smallest absolute Gasteiger partial charge is 0.162 e. The fraction of sp³-hybridized carbons (Fsp3) is 0.217. The van der Waals surface area contributed by atoms with Gasteiger partial charge in [0.25, 0.3) is 0 Å².